The molecule has 3 rings (SSSR count). The van der Waals surface area contributed by atoms with Crippen LogP contribution in [0.5, 0.6) is 5.75 Å². The summed E-state index contributed by atoms with van der Waals surface area (Å²) in [5.41, 5.74) is 0.0445. The standard InChI is InChI=1S/C18H18ClN3O4S/c1-3-7-21-17(24)16-13(6-8-27-16)22(18(21)25)10-15(23)20-12-9-11(19)4-5-14(12)26-2/h4-6,8-9H,3,7,10H2,1-2H3,(H,20,23). The Labute approximate surface area is 163 Å². The lowest BCUT2D eigenvalue weighted by Crippen LogP contribution is -2.41. The molecule has 0 aliphatic rings. The maximum absolute atomic E-state index is 12.8. The van der Waals surface area contributed by atoms with Crippen LogP contribution in [0, 0.1) is 0 Å². The zero-order valence-corrected chi connectivity index (χ0v) is 16.4. The number of amides is 1. The summed E-state index contributed by atoms with van der Waals surface area (Å²) in [6.07, 6.45) is 0.637. The highest BCUT2D eigenvalue weighted by Gasteiger charge is 2.17. The van der Waals surface area contributed by atoms with Crippen LogP contribution >= 0.6 is 22.9 Å². The molecular weight excluding hydrogens is 390 g/mol. The topological polar surface area (TPSA) is 82.3 Å². The second-order valence-electron chi connectivity index (χ2n) is 5.85. The molecule has 0 saturated heterocycles. The van der Waals surface area contributed by atoms with E-state index in [9.17, 15) is 14.4 Å². The van der Waals surface area contributed by atoms with E-state index in [1.54, 1.807) is 29.6 Å². The first-order valence-corrected chi connectivity index (χ1v) is 9.56. The number of methoxy groups -OCH3 is 1. The van der Waals surface area contributed by atoms with E-state index < -0.39 is 11.6 Å². The molecule has 1 aromatic carbocycles. The molecular formula is C18H18ClN3O4S. The first-order chi connectivity index (χ1) is 13.0. The van der Waals surface area contributed by atoms with Crippen LogP contribution in [0.15, 0.2) is 39.2 Å². The molecule has 3 aromatic rings. The smallest absolute Gasteiger partial charge is 0.332 e. The fourth-order valence-electron chi connectivity index (χ4n) is 2.82. The summed E-state index contributed by atoms with van der Waals surface area (Å²) in [7, 11) is 1.49. The Bertz CT molecular complexity index is 1120. The van der Waals surface area contributed by atoms with Crippen LogP contribution < -0.4 is 21.3 Å². The molecule has 0 saturated carbocycles. The van der Waals surface area contributed by atoms with Crippen molar-refractivity contribution in [3.05, 3.63) is 55.5 Å². The van der Waals surface area contributed by atoms with Crippen molar-refractivity contribution in [2.75, 3.05) is 12.4 Å². The Balaban J connectivity index is 1.98. The third-order valence-electron chi connectivity index (χ3n) is 4.02. The zero-order chi connectivity index (χ0) is 19.6. The highest BCUT2D eigenvalue weighted by atomic mass is 35.5. The molecule has 2 aromatic heterocycles. The molecule has 0 aliphatic heterocycles. The molecule has 7 nitrogen and oxygen atoms in total. The number of carbonyl (C=O) groups excluding carboxylic acids is 1. The molecule has 2 heterocycles. The third-order valence-corrected chi connectivity index (χ3v) is 5.15. The van der Waals surface area contributed by atoms with E-state index in [4.69, 9.17) is 16.3 Å². The van der Waals surface area contributed by atoms with Crippen LogP contribution in [0.2, 0.25) is 5.02 Å². The second kappa shape index (κ2) is 7.98. The molecule has 0 aliphatic carbocycles. The largest absolute Gasteiger partial charge is 0.495 e. The number of fused-ring (bicyclic) bond motifs is 1. The lowest BCUT2D eigenvalue weighted by molar-refractivity contribution is -0.116. The van der Waals surface area contributed by atoms with Gasteiger partial charge in [0.2, 0.25) is 5.91 Å². The number of rotatable bonds is 6. The minimum absolute atomic E-state index is 0.230. The van der Waals surface area contributed by atoms with Crippen LogP contribution in [-0.4, -0.2) is 22.2 Å². The van der Waals surface area contributed by atoms with Crippen molar-refractivity contribution >= 4 is 44.7 Å². The van der Waals surface area contributed by atoms with Crippen LogP contribution in [0.4, 0.5) is 5.69 Å². The van der Waals surface area contributed by atoms with E-state index in [1.807, 2.05) is 6.92 Å². The maximum atomic E-state index is 12.8. The predicted molar refractivity (Wildman–Crippen MR) is 107 cm³/mol. The Morgan fingerprint density at radius 1 is 1.26 bits per heavy atom. The summed E-state index contributed by atoms with van der Waals surface area (Å²) in [4.78, 5) is 37.8. The lowest BCUT2D eigenvalue weighted by atomic mass is 10.3. The molecule has 0 bridgehead atoms. The average Bonchev–Trinajstić information content (AvgIpc) is 3.12. The van der Waals surface area contributed by atoms with Crippen LogP contribution in [-0.2, 0) is 17.9 Å². The van der Waals surface area contributed by atoms with Gasteiger partial charge in [0.1, 0.15) is 17.0 Å². The Morgan fingerprint density at radius 2 is 2.04 bits per heavy atom. The van der Waals surface area contributed by atoms with Crippen molar-refractivity contribution in [1.82, 2.24) is 9.13 Å². The van der Waals surface area contributed by atoms with E-state index in [-0.39, 0.29) is 12.1 Å². The number of hydrogen-bond acceptors (Lipinski definition) is 5. The van der Waals surface area contributed by atoms with E-state index in [1.165, 1.54) is 27.6 Å². The number of aromatic nitrogens is 2. The van der Waals surface area contributed by atoms with Crippen molar-refractivity contribution in [3.63, 3.8) is 0 Å². The van der Waals surface area contributed by atoms with Gasteiger partial charge in [0.25, 0.3) is 5.56 Å². The number of nitrogens with zero attached hydrogens (tertiary/aromatic N) is 2. The van der Waals surface area contributed by atoms with Gasteiger partial charge in [0.15, 0.2) is 0 Å². The number of carbonyl (C=O) groups is 1. The van der Waals surface area contributed by atoms with Gasteiger partial charge in [0, 0.05) is 11.6 Å². The molecule has 0 spiro atoms. The maximum Gasteiger partial charge on any atom is 0.332 e. The van der Waals surface area contributed by atoms with Gasteiger partial charge >= 0.3 is 5.69 Å². The average molecular weight is 408 g/mol. The monoisotopic (exact) mass is 407 g/mol. The highest BCUT2D eigenvalue weighted by molar-refractivity contribution is 7.17. The normalized spacial score (nSPS) is 10.9. The quantitative estimate of drug-likeness (QED) is 0.681. The first-order valence-electron chi connectivity index (χ1n) is 8.30. The number of nitrogens with one attached hydrogen (secondary N) is 1. The van der Waals surface area contributed by atoms with Gasteiger partial charge < -0.3 is 10.1 Å². The lowest BCUT2D eigenvalue weighted by Gasteiger charge is -2.13. The molecule has 0 radical (unpaired) electrons. The van der Waals surface area contributed by atoms with Gasteiger partial charge in [0.05, 0.1) is 18.3 Å². The molecule has 0 unspecified atom stereocenters. The summed E-state index contributed by atoms with van der Waals surface area (Å²) in [5, 5.41) is 4.89. The number of hydrogen-bond donors (Lipinski definition) is 1. The molecule has 9 heteroatoms. The van der Waals surface area contributed by atoms with Crippen LogP contribution in [0.1, 0.15) is 13.3 Å². The minimum Gasteiger partial charge on any atom is -0.495 e. The molecule has 0 fully saturated rings. The number of ether oxygens (including phenoxy) is 1. The van der Waals surface area contributed by atoms with Gasteiger partial charge in [-0.25, -0.2) is 4.79 Å². The van der Waals surface area contributed by atoms with Gasteiger partial charge in [-0.1, -0.05) is 18.5 Å². The summed E-state index contributed by atoms with van der Waals surface area (Å²) in [6, 6.07) is 6.53. The van der Waals surface area contributed by atoms with Crippen LogP contribution in [0.25, 0.3) is 10.2 Å². The summed E-state index contributed by atoms with van der Waals surface area (Å²) in [6.45, 7) is 1.95. The molecule has 142 valence electrons. The number of halogens is 1. The minimum atomic E-state index is -0.499. The molecule has 0 atom stereocenters. The van der Waals surface area contributed by atoms with Crippen LogP contribution in [0.3, 0.4) is 0 Å². The summed E-state index contributed by atoms with van der Waals surface area (Å²) in [5.74, 6) is 0.0311. The fourth-order valence-corrected chi connectivity index (χ4v) is 3.83. The van der Waals surface area contributed by atoms with Gasteiger partial charge in [-0.15, -0.1) is 11.3 Å². The van der Waals surface area contributed by atoms with Crippen molar-refractivity contribution in [2.24, 2.45) is 0 Å². The number of anilines is 1. The van der Waals surface area contributed by atoms with Gasteiger partial charge in [-0.3, -0.25) is 18.7 Å². The summed E-state index contributed by atoms with van der Waals surface area (Å²) < 4.78 is 8.16. The molecule has 1 N–H and O–H groups in total. The van der Waals surface area contributed by atoms with Crippen molar-refractivity contribution < 1.29 is 9.53 Å². The van der Waals surface area contributed by atoms with Crippen molar-refractivity contribution in [1.29, 1.82) is 0 Å². The molecule has 27 heavy (non-hydrogen) atoms. The Hall–Kier alpha value is -2.58. The van der Waals surface area contributed by atoms with E-state index in [2.05, 4.69) is 5.32 Å². The Kier molecular flexibility index (Phi) is 5.67. The molecule has 1 amide bonds. The van der Waals surface area contributed by atoms with Gasteiger partial charge in [-0.05, 0) is 36.1 Å². The fraction of sp³-hybridized carbons (Fsp3) is 0.278. The SMILES string of the molecule is CCCn1c(=O)c2sccc2n(CC(=O)Nc2cc(Cl)ccc2OC)c1=O. The van der Waals surface area contributed by atoms with E-state index >= 15 is 0 Å². The first kappa shape index (κ1) is 19.2. The third kappa shape index (κ3) is 3.77. The van der Waals surface area contributed by atoms with E-state index in [0.29, 0.717) is 39.6 Å². The van der Waals surface area contributed by atoms with E-state index in [0.717, 1.165) is 0 Å². The number of benzene rings is 1. The highest BCUT2D eigenvalue weighted by Crippen LogP contribution is 2.27. The number of thiophene rings is 1. The predicted octanol–water partition coefficient (Wildman–Crippen LogP) is 2.94. The second-order valence-corrected chi connectivity index (χ2v) is 7.21. The van der Waals surface area contributed by atoms with Crippen molar-refractivity contribution in [3.8, 4) is 5.75 Å². The Morgan fingerprint density at radius 3 is 2.74 bits per heavy atom. The zero-order valence-electron chi connectivity index (χ0n) is 14.8. The summed E-state index contributed by atoms with van der Waals surface area (Å²) >= 11 is 7.23. The van der Waals surface area contributed by atoms with Gasteiger partial charge in [-0.2, -0.15) is 0 Å². The van der Waals surface area contributed by atoms with Crippen molar-refractivity contribution in [2.45, 2.75) is 26.4 Å².